The van der Waals surface area contributed by atoms with Crippen LogP contribution in [0.15, 0.2) is 97.1 Å². The van der Waals surface area contributed by atoms with E-state index in [1.54, 1.807) is 0 Å². The van der Waals surface area contributed by atoms with Crippen LogP contribution in [-0.2, 0) is 7.05 Å². The first-order chi connectivity index (χ1) is 13.8. The number of hydrogen-bond acceptors (Lipinski definition) is 0. The van der Waals surface area contributed by atoms with Gasteiger partial charge in [0.1, 0.15) is 0 Å². The minimum atomic E-state index is 1.25. The van der Waals surface area contributed by atoms with Gasteiger partial charge in [0.25, 0.3) is 0 Å². The molecule has 6 rings (SSSR count). The fourth-order valence-electron chi connectivity index (χ4n) is 4.80. The molecule has 1 aliphatic rings. The van der Waals surface area contributed by atoms with Crippen LogP contribution in [0, 0.1) is 0 Å². The van der Waals surface area contributed by atoms with Gasteiger partial charge in [-0.2, -0.15) is 0 Å². The van der Waals surface area contributed by atoms with E-state index in [1.807, 2.05) is 0 Å². The van der Waals surface area contributed by atoms with Gasteiger partial charge in [0.15, 0.2) is 0 Å². The average molecular weight is 357 g/mol. The van der Waals surface area contributed by atoms with Crippen molar-refractivity contribution in [3.8, 4) is 44.6 Å². The Kier molecular flexibility index (Phi) is 3.15. The van der Waals surface area contributed by atoms with E-state index in [0.29, 0.717) is 0 Å². The number of nitrogens with zero attached hydrogens (tertiary/aromatic N) is 1. The minimum Gasteiger partial charge on any atom is -0.343 e. The fourth-order valence-corrected chi connectivity index (χ4v) is 4.80. The van der Waals surface area contributed by atoms with E-state index in [1.165, 1.54) is 55.5 Å². The predicted molar refractivity (Wildman–Crippen MR) is 118 cm³/mol. The van der Waals surface area contributed by atoms with Crippen molar-refractivity contribution in [3.05, 3.63) is 97.1 Å². The molecule has 5 aromatic rings. The SMILES string of the molecule is Cn1c(-c2ccccc2)c2c3c(cccc31)-c1ccccc1-c1ccccc1-2. The van der Waals surface area contributed by atoms with Crippen molar-refractivity contribution in [2.45, 2.75) is 0 Å². The summed E-state index contributed by atoms with van der Waals surface area (Å²) in [4.78, 5) is 0. The normalized spacial score (nSPS) is 11.8. The van der Waals surface area contributed by atoms with Crippen molar-refractivity contribution in [3.63, 3.8) is 0 Å². The Balaban J connectivity index is 1.89. The van der Waals surface area contributed by atoms with Crippen molar-refractivity contribution in [1.82, 2.24) is 4.57 Å². The number of fused-ring (bicyclic) bond motifs is 5. The molecule has 28 heavy (non-hydrogen) atoms. The summed E-state index contributed by atoms with van der Waals surface area (Å²) < 4.78 is 2.36. The van der Waals surface area contributed by atoms with Crippen molar-refractivity contribution >= 4 is 10.9 Å². The largest absolute Gasteiger partial charge is 0.343 e. The summed E-state index contributed by atoms with van der Waals surface area (Å²) in [5.41, 5.74) is 11.7. The zero-order valence-electron chi connectivity index (χ0n) is 15.7. The van der Waals surface area contributed by atoms with Gasteiger partial charge in [-0.05, 0) is 39.4 Å². The van der Waals surface area contributed by atoms with E-state index in [-0.39, 0.29) is 0 Å². The highest BCUT2D eigenvalue weighted by atomic mass is 15.0. The Labute approximate surface area is 164 Å². The van der Waals surface area contributed by atoms with Crippen molar-refractivity contribution < 1.29 is 0 Å². The molecule has 1 aliphatic carbocycles. The van der Waals surface area contributed by atoms with Gasteiger partial charge in [-0.1, -0.05) is 91.0 Å². The van der Waals surface area contributed by atoms with E-state index in [2.05, 4.69) is 109 Å². The Morgan fingerprint density at radius 2 is 1.04 bits per heavy atom. The molecule has 0 atom stereocenters. The molecule has 0 radical (unpaired) electrons. The molecule has 0 amide bonds. The maximum atomic E-state index is 2.36. The second kappa shape index (κ2) is 5.71. The van der Waals surface area contributed by atoms with Crippen LogP contribution in [0.25, 0.3) is 55.5 Å². The molecular formula is C27H19N. The van der Waals surface area contributed by atoms with E-state index in [4.69, 9.17) is 0 Å². The summed E-state index contributed by atoms with van der Waals surface area (Å²) in [6, 6.07) is 35.1. The van der Waals surface area contributed by atoms with Crippen LogP contribution in [0.1, 0.15) is 0 Å². The maximum absolute atomic E-state index is 2.36. The Morgan fingerprint density at radius 3 is 1.75 bits per heavy atom. The lowest BCUT2D eigenvalue weighted by molar-refractivity contribution is 0.979. The van der Waals surface area contributed by atoms with E-state index >= 15 is 0 Å². The van der Waals surface area contributed by atoms with Crippen LogP contribution in [0.3, 0.4) is 0 Å². The van der Waals surface area contributed by atoms with Gasteiger partial charge < -0.3 is 4.57 Å². The van der Waals surface area contributed by atoms with E-state index in [9.17, 15) is 0 Å². The molecule has 0 N–H and O–H groups in total. The van der Waals surface area contributed by atoms with Gasteiger partial charge in [-0.3, -0.25) is 0 Å². The number of aromatic nitrogens is 1. The Bertz CT molecular complexity index is 1360. The molecule has 1 heteroatoms. The third-order valence-corrected chi connectivity index (χ3v) is 5.98. The summed E-state index contributed by atoms with van der Waals surface area (Å²) in [5.74, 6) is 0. The number of hydrogen-bond donors (Lipinski definition) is 0. The number of aryl methyl sites for hydroxylation is 1. The van der Waals surface area contributed by atoms with Crippen LogP contribution in [0.4, 0.5) is 0 Å². The molecule has 0 bridgehead atoms. The lowest BCUT2D eigenvalue weighted by atomic mass is 9.93. The van der Waals surface area contributed by atoms with Crippen LogP contribution in [0.2, 0.25) is 0 Å². The Hall–Kier alpha value is -3.58. The molecule has 0 saturated heterocycles. The van der Waals surface area contributed by atoms with Crippen molar-refractivity contribution in [2.24, 2.45) is 7.05 Å². The van der Waals surface area contributed by atoms with E-state index < -0.39 is 0 Å². The van der Waals surface area contributed by atoms with Crippen molar-refractivity contribution in [2.75, 3.05) is 0 Å². The average Bonchev–Trinajstić information content (AvgIpc) is 3.00. The van der Waals surface area contributed by atoms with Gasteiger partial charge in [-0.15, -0.1) is 0 Å². The second-order valence-electron chi connectivity index (χ2n) is 7.44. The zero-order chi connectivity index (χ0) is 18.7. The van der Waals surface area contributed by atoms with Crippen LogP contribution in [-0.4, -0.2) is 4.57 Å². The molecule has 0 fully saturated rings. The second-order valence-corrected chi connectivity index (χ2v) is 7.44. The van der Waals surface area contributed by atoms with Crippen molar-refractivity contribution in [1.29, 1.82) is 0 Å². The van der Waals surface area contributed by atoms with Gasteiger partial charge >= 0.3 is 0 Å². The summed E-state index contributed by atoms with van der Waals surface area (Å²) in [7, 11) is 2.19. The molecule has 1 heterocycles. The predicted octanol–water partition coefficient (Wildman–Crippen LogP) is 7.16. The first-order valence-corrected chi connectivity index (χ1v) is 9.70. The maximum Gasteiger partial charge on any atom is 0.0568 e. The van der Waals surface area contributed by atoms with Gasteiger partial charge in [0, 0.05) is 23.5 Å². The summed E-state index contributed by atoms with van der Waals surface area (Å²) in [6.07, 6.45) is 0. The van der Waals surface area contributed by atoms with Gasteiger partial charge in [-0.25, -0.2) is 0 Å². The zero-order valence-corrected chi connectivity index (χ0v) is 15.7. The smallest absolute Gasteiger partial charge is 0.0568 e. The quantitative estimate of drug-likeness (QED) is 0.294. The molecular weight excluding hydrogens is 338 g/mol. The van der Waals surface area contributed by atoms with Crippen LogP contribution >= 0.6 is 0 Å². The molecule has 0 spiro atoms. The molecule has 1 aromatic heterocycles. The number of rotatable bonds is 1. The molecule has 0 unspecified atom stereocenters. The third kappa shape index (κ3) is 1.96. The highest BCUT2D eigenvalue weighted by Crippen LogP contribution is 2.51. The summed E-state index contributed by atoms with van der Waals surface area (Å²) >= 11 is 0. The molecule has 1 nitrogen and oxygen atoms in total. The Morgan fingerprint density at radius 1 is 0.500 bits per heavy atom. The standard InChI is InChI=1S/C27H19N/c1-28-24-17-9-16-22-20-13-6-5-12-19(20)21-14-7-8-15-23(21)26(25(22)24)27(28)18-10-3-2-4-11-18/h2-17H,1H3. The molecule has 0 aliphatic heterocycles. The van der Waals surface area contributed by atoms with Gasteiger partial charge in [0.05, 0.1) is 5.69 Å². The molecule has 0 saturated carbocycles. The first-order valence-electron chi connectivity index (χ1n) is 9.70. The number of benzene rings is 4. The first kappa shape index (κ1) is 15.5. The lowest BCUT2D eigenvalue weighted by Crippen LogP contribution is -1.94. The third-order valence-electron chi connectivity index (χ3n) is 5.98. The highest BCUT2D eigenvalue weighted by Gasteiger charge is 2.26. The molecule has 4 aromatic carbocycles. The van der Waals surface area contributed by atoms with Crippen LogP contribution in [0.5, 0.6) is 0 Å². The monoisotopic (exact) mass is 357 g/mol. The van der Waals surface area contributed by atoms with Gasteiger partial charge in [0.2, 0.25) is 0 Å². The highest BCUT2D eigenvalue weighted by molar-refractivity contribution is 6.17. The lowest BCUT2D eigenvalue weighted by Gasteiger charge is -2.13. The summed E-state index contributed by atoms with van der Waals surface area (Å²) in [6.45, 7) is 0. The topological polar surface area (TPSA) is 4.93 Å². The summed E-state index contributed by atoms with van der Waals surface area (Å²) in [5, 5.41) is 1.35. The minimum absolute atomic E-state index is 1.25. The molecule has 132 valence electrons. The fraction of sp³-hybridized carbons (Fsp3) is 0.0370. The van der Waals surface area contributed by atoms with E-state index in [0.717, 1.165) is 0 Å². The van der Waals surface area contributed by atoms with Crippen LogP contribution < -0.4 is 0 Å².